The van der Waals surface area contributed by atoms with Gasteiger partial charge in [0, 0.05) is 26.6 Å². The molecule has 1 heterocycles. The highest BCUT2D eigenvalue weighted by atomic mass is 16.3. The van der Waals surface area contributed by atoms with Gasteiger partial charge in [-0.2, -0.15) is 0 Å². The molecule has 0 aromatic rings. The van der Waals surface area contributed by atoms with Crippen LogP contribution in [0.2, 0.25) is 0 Å². The van der Waals surface area contributed by atoms with Crippen LogP contribution >= 0.6 is 0 Å². The molecule has 5 nitrogen and oxygen atoms in total. The van der Waals surface area contributed by atoms with E-state index in [4.69, 9.17) is 5.11 Å². The standard InChI is InChI=1S/C11H18N2O3/c1-13(6-7-2-9(14)3-7)11(16)8-4-10(15)12-5-8/h7-9,14H,2-6H2,1H3,(H,12,15). The summed E-state index contributed by atoms with van der Waals surface area (Å²) in [6.45, 7) is 1.16. The van der Waals surface area contributed by atoms with Gasteiger partial charge >= 0.3 is 0 Å². The van der Waals surface area contributed by atoms with E-state index in [-0.39, 0.29) is 23.8 Å². The van der Waals surface area contributed by atoms with E-state index in [1.54, 1.807) is 11.9 Å². The quantitative estimate of drug-likeness (QED) is 0.672. The number of aliphatic hydroxyl groups is 1. The molecular formula is C11H18N2O3. The van der Waals surface area contributed by atoms with Crippen molar-refractivity contribution in [2.45, 2.75) is 25.4 Å². The second-order valence-corrected chi connectivity index (χ2v) is 4.92. The minimum Gasteiger partial charge on any atom is -0.393 e. The van der Waals surface area contributed by atoms with Crippen molar-refractivity contribution in [1.29, 1.82) is 0 Å². The normalized spacial score (nSPS) is 33.1. The van der Waals surface area contributed by atoms with E-state index < -0.39 is 0 Å². The maximum absolute atomic E-state index is 11.9. The van der Waals surface area contributed by atoms with Crippen LogP contribution in [0.25, 0.3) is 0 Å². The van der Waals surface area contributed by atoms with Crippen molar-refractivity contribution in [3.8, 4) is 0 Å². The number of carbonyl (C=O) groups excluding carboxylic acids is 2. The van der Waals surface area contributed by atoms with Crippen LogP contribution in [0.5, 0.6) is 0 Å². The molecule has 0 bridgehead atoms. The molecule has 1 aliphatic heterocycles. The molecule has 0 radical (unpaired) electrons. The van der Waals surface area contributed by atoms with Crippen LogP contribution in [-0.4, -0.2) is 48.1 Å². The van der Waals surface area contributed by atoms with Crippen molar-refractivity contribution >= 4 is 11.8 Å². The summed E-state index contributed by atoms with van der Waals surface area (Å²) in [5.74, 6) is 0.238. The van der Waals surface area contributed by atoms with Crippen molar-refractivity contribution in [3.63, 3.8) is 0 Å². The van der Waals surface area contributed by atoms with Crippen molar-refractivity contribution in [1.82, 2.24) is 10.2 Å². The van der Waals surface area contributed by atoms with Crippen molar-refractivity contribution in [2.75, 3.05) is 20.1 Å². The Balaban J connectivity index is 1.78. The Bertz CT molecular complexity index is 300. The molecule has 1 saturated carbocycles. The van der Waals surface area contributed by atoms with Gasteiger partial charge in [-0.05, 0) is 18.8 Å². The molecule has 2 aliphatic rings. The monoisotopic (exact) mass is 226 g/mol. The van der Waals surface area contributed by atoms with Crippen molar-refractivity contribution < 1.29 is 14.7 Å². The van der Waals surface area contributed by atoms with E-state index in [1.165, 1.54) is 0 Å². The lowest BCUT2D eigenvalue weighted by atomic mass is 9.82. The Morgan fingerprint density at radius 3 is 2.75 bits per heavy atom. The van der Waals surface area contributed by atoms with Gasteiger partial charge in [0.15, 0.2) is 0 Å². The first kappa shape index (κ1) is 11.4. The molecule has 0 aromatic heterocycles. The van der Waals surface area contributed by atoms with Crippen LogP contribution in [-0.2, 0) is 9.59 Å². The summed E-state index contributed by atoms with van der Waals surface area (Å²) in [4.78, 5) is 24.6. The Morgan fingerprint density at radius 2 is 2.25 bits per heavy atom. The third-order valence-corrected chi connectivity index (χ3v) is 3.45. The Morgan fingerprint density at radius 1 is 1.56 bits per heavy atom. The number of nitrogens with zero attached hydrogens (tertiary/aromatic N) is 1. The predicted octanol–water partition coefficient (Wildman–Crippen LogP) is -0.648. The fraction of sp³-hybridized carbons (Fsp3) is 0.818. The molecule has 1 unspecified atom stereocenters. The maximum atomic E-state index is 11.9. The molecule has 2 rings (SSSR count). The summed E-state index contributed by atoms with van der Waals surface area (Å²) >= 11 is 0. The third-order valence-electron chi connectivity index (χ3n) is 3.45. The summed E-state index contributed by atoms with van der Waals surface area (Å²) in [7, 11) is 1.77. The first-order valence-electron chi connectivity index (χ1n) is 5.76. The molecule has 0 spiro atoms. The van der Waals surface area contributed by atoms with Crippen LogP contribution in [0.1, 0.15) is 19.3 Å². The van der Waals surface area contributed by atoms with E-state index in [0.29, 0.717) is 25.4 Å². The lowest BCUT2D eigenvalue weighted by Crippen LogP contribution is -2.42. The number of nitrogens with one attached hydrogen (secondary N) is 1. The zero-order valence-electron chi connectivity index (χ0n) is 9.48. The van der Waals surface area contributed by atoms with Gasteiger partial charge in [-0.15, -0.1) is 0 Å². The number of aliphatic hydroxyl groups excluding tert-OH is 1. The molecule has 0 aromatic carbocycles. The summed E-state index contributed by atoms with van der Waals surface area (Å²) in [6, 6.07) is 0. The zero-order valence-corrected chi connectivity index (χ0v) is 9.48. The molecule has 1 aliphatic carbocycles. The van der Waals surface area contributed by atoms with Crippen molar-refractivity contribution in [2.24, 2.45) is 11.8 Å². The lowest BCUT2D eigenvalue weighted by molar-refractivity contribution is -0.136. The molecule has 1 saturated heterocycles. The van der Waals surface area contributed by atoms with Gasteiger partial charge in [-0.1, -0.05) is 0 Å². The van der Waals surface area contributed by atoms with Crippen molar-refractivity contribution in [3.05, 3.63) is 0 Å². The fourth-order valence-corrected chi connectivity index (χ4v) is 2.42. The maximum Gasteiger partial charge on any atom is 0.227 e. The summed E-state index contributed by atoms with van der Waals surface area (Å²) in [5, 5.41) is 11.8. The van der Waals surface area contributed by atoms with Gasteiger partial charge in [0.25, 0.3) is 0 Å². The average molecular weight is 226 g/mol. The van der Waals surface area contributed by atoms with Crippen LogP contribution in [0.4, 0.5) is 0 Å². The molecule has 2 N–H and O–H groups in total. The van der Waals surface area contributed by atoms with E-state index in [1.807, 2.05) is 0 Å². The van der Waals surface area contributed by atoms with E-state index in [9.17, 15) is 9.59 Å². The number of carbonyl (C=O) groups is 2. The lowest BCUT2D eigenvalue weighted by Gasteiger charge is -2.35. The molecule has 5 heteroatoms. The molecule has 2 fully saturated rings. The van der Waals surface area contributed by atoms with Gasteiger partial charge in [0.2, 0.25) is 11.8 Å². The minimum absolute atomic E-state index is 0.0363. The van der Waals surface area contributed by atoms with Gasteiger partial charge in [-0.3, -0.25) is 9.59 Å². The summed E-state index contributed by atoms with van der Waals surface area (Å²) < 4.78 is 0. The molecule has 16 heavy (non-hydrogen) atoms. The second kappa shape index (κ2) is 4.41. The van der Waals surface area contributed by atoms with Gasteiger partial charge in [0.1, 0.15) is 0 Å². The number of hydrogen-bond acceptors (Lipinski definition) is 3. The minimum atomic E-state index is -0.192. The number of rotatable bonds is 3. The molecule has 90 valence electrons. The first-order chi connectivity index (χ1) is 7.56. The van der Waals surface area contributed by atoms with Gasteiger partial charge < -0.3 is 15.3 Å². The Hall–Kier alpha value is -1.10. The third kappa shape index (κ3) is 2.35. The van der Waals surface area contributed by atoms with Crippen LogP contribution in [0, 0.1) is 11.8 Å². The first-order valence-corrected chi connectivity index (χ1v) is 5.76. The highest BCUT2D eigenvalue weighted by Crippen LogP contribution is 2.28. The molecule has 1 atom stereocenters. The second-order valence-electron chi connectivity index (χ2n) is 4.92. The number of hydrogen-bond donors (Lipinski definition) is 2. The fourth-order valence-electron chi connectivity index (χ4n) is 2.42. The van der Waals surface area contributed by atoms with Gasteiger partial charge in [-0.25, -0.2) is 0 Å². The molecule has 2 amide bonds. The number of amides is 2. The SMILES string of the molecule is CN(CC1CC(O)C1)C(=O)C1CNC(=O)C1. The Labute approximate surface area is 94.8 Å². The van der Waals surface area contributed by atoms with Crippen LogP contribution in [0.3, 0.4) is 0 Å². The van der Waals surface area contributed by atoms with E-state index >= 15 is 0 Å². The van der Waals surface area contributed by atoms with E-state index in [0.717, 1.165) is 12.8 Å². The predicted molar refractivity (Wildman–Crippen MR) is 57.5 cm³/mol. The van der Waals surface area contributed by atoms with E-state index in [2.05, 4.69) is 5.32 Å². The topological polar surface area (TPSA) is 69.6 Å². The average Bonchev–Trinajstić information content (AvgIpc) is 2.61. The summed E-state index contributed by atoms with van der Waals surface area (Å²) in [5.41, 5.74) is 0. The van der Waals surface area contributed by atoms with Gasteiger partial charge in [0.05, 0.1) is 12.0 Å². The largest absolute Gasteiger partial charge is 0.393 e. The smallest absolute Gasteiger partial charge is 0.227 e. The highest BCUT2D eigenvalue weighted by molar-refractivity contribution is 5.89. The Kier molecular flexibility index (Phi) is 3.14. The van der Waals surface area contributed by atoms with Crippen LogP contribution in [0.15, 0.2) is 0 Å². The summed E-state index contributed by atoms with van der Waals surface area (Å²) in [6.07, 6.45) is 1.72. The zero-order chi connectivity index (χ0) is 11.7. The van der Waals surface area contributed by atoms with Crippen LogP contribution < -0.4 is 5.32 Å². The highest BCUT2D eigenvalue weighted by Gasteiger charge is 2.33. The molecular weight excluding hydrogens is 208 g/mol.